The van der Waals surface area contributed by atoms with Gasteiger partial charge in [0.15, 0.2) is 0 Å². The molecule has 0 unspecified atom stereocenters. The molecule has 0 saturated carbocycles. The van der Waals surface area contributed by atoms with E-state index >= 15 is 0 Å². The summed E-state index contributed by atoms with van der Waals surface area (Å²) in [5.74, 6) is 1.25. The number of rotatable bonds is 2. The largest absolute Gasteiger partial charge is 0.383 e. The molecule has 0 bridgehead atoms. The minimum Gasteiger partial charge on any atom is -0.383 e. The van der Waals surface area contributed by atoms with E-state index in [-0.39, 0.29) is 0 Å². The van der Waals surface area contributed by atoms with Crippen molar-refractivity contribution in [1.29, 1.82) is 0 Å². The van der Waals surface area contributed by atoms with Crippen molar-refractivity contribution in [3.63, 3.8) is 0 Å². The lowest BCUT2D eigenvalue weighted by Crippen LogP contribution is -2.48. The highest BCUT2D eigenvalue weighted by Gasteiger charge is 2.25. The third-order valence-corrected chi connectivity index (χ3v) is 4.41. The summed E-state index contributed by atoms with van der Waals surface area (Å²) in [7, 11) is -3.10. The zero-order chi connectivity index (χ0) is 13.3. The molecule has 7 nitrogen and oxygen atoms in total. The van der Waals surface area contributed by atoms with Crippen molar-refractivity contribution < 1.29 is 8.42 Å². The highest BCUT2D eigenvalue weighted by atomic mass is 32.2. The van der Waals surface area contributed by atoms with Crippen molar-refractivity contribution >= 4 is 21.7 Å². The van der Waals surface area contributed by atoms with Gasteiger partial charge in [-0.05, 0) is 6.92 Å². The standard InChI is InChI=1S/C10H17N5O2S/c1-8-9(11)12-7-13-10(8)14-3-5-15(6-4-14)18(2,16)17/h7H,3-6H2,1-2H3,(H2,11,12,13). The molecule has 1 fully saturated rings. The van der Waals surface area contributed by atoms with Crippen LogP contribution in [0.3, 0.4) is 0 Å². The van der Waals surface area contributed by atoms with Gasteiger partial charge in [0.25, 0.3) is 0 Å². The topological polar surface area (TPSA) is 92.4 Å². The Labute approximate surface area is 107 Å². The molecule has 8 heteroatoms. The van der Waals surface area contributed by atoms with Crippen molar-refractivity contribution in [2.45, 2.75) is 6.92 Å². The molecule has 18 heavy (non-hydrogen) atoms. The van der Waals surface area contributed by atoms with E-state index in [0.717, 1.165) is 11.4 Å². The molecule has 0 radical (unpaired) electrons. The summed E-state index contributed by atoms with van der Waals surface area (Å²) in [4.78, 5) is 10.2. The molecular formula is C10H17N5O2S. The molecule has 2 N–H and O–H groups in total. The van der Waals surface area contributed by atoms with E-state index in [1.807, 2.05) is 11.8 Å². The Hall–Kier alpha value is -1.41. The third kappa shape index (κ3) is 2.54. The van der Waals surface area contributed by atoms with Gasteiger partial charge in [0.1, 0.15) is 18.0 Å². The second kappa shape index (κ2) is 4.69. The first-order chi connectivity index (χ1) is 8.39. The maximum absolute atomic E-state index is 11.4. The molecule has 0 atom stereocenters. The van der Waals surface area contributed by atoms with Crippen LogP contribution in [-0.4, -0.2) is 55.1 Å². The van der Waals surface area contributed by atoms with Gasteiger partial charge in [0.2, 0.25) is 10.0 Å². The summed E-state index contributed by atoms with van der Waals surface area (Å²) < 4.78 is 24.3. The fourth-order valence-corrected chi connectivity index (χ4v) is 2.83. The second-order valence-electron chi connectivity index (χ2n) is 4.36. The highest BCUT2D eigenvalue weighted by Crippen LogP contribution is 2.21. The maximum atomic E-state index is 11.4. The Balaban J connectivity index is 2.13. The van der Waals surface area contributed by atoms with E-state index in [4.69, 9.17) is 5.73 Å². The van der Waals surface area contributed by atoms with Gasteiger partial charge in [0.05, 0.1) is 6.26 Å². The molecular weight excluding hydrogens is 254 g/mol. The molecule has 1 aliphatic heterocycles. The van der Waals surface area contributed by atoms with Crippen LogP contribution >= 0.6 is 0 Å². The van der Waals surface area contributed by atoms with E-state index in [9.17, 15) is 8.42 Å². The van der Waals surface area contributed by atoms with Crippen LogP contribution in [0.1, 0.15) is 5.56 Å². The third-order valence-electron chi connectivity index (χ3n) is 3.10. The molecule has 0 aliphatic carbocycles. The summed E-state index contributed by atoms with van der Waals surface area (Å²) >= 11 is 0. The van der Waals surface area contributed by atoms with Crippen LogP contribution in [0.5, 0.6) is 0 Å². The molecule has 2 heterocycles. The molecule has 100 valence electrons. The van der Waals surface area contributed by atoms with Gasteiger partial charge in [0, 0.05) is 31.7 Å². The van der Waals surface area contributed by atoms with Crippen molar-refractivity contribution in [2.75, 3.05) is 43.1 Å². The minimum atomic E-state index is -3.10. The number of nitrogen functional groups attached to an aromatic ring is 1. The molecule has 1 aromatic rings. The molecule has 0 aromatic carbocycles. The molecule has 1 aliphatic rings. The van der Waals surface area contributed by atoms with E-state index < -0.39 is 10.0 Å². The first kappa shape index (κ1) is 13.0. The molecule has 2 rings (SSSR count). The molecule has 0 amide bonds. The highest BCUT2D eigenvalue weighted by molar-refractivity contribution is 7.88. The maximum Gasteiger partial charge on any atom is 0.211 e. The van der Waals surface area contributed by atoms with Crippen LogP contribution in [0, 0.1) is 6.92 Å². The van der Waals surface area contributed by atoms with Crippen molar-refractivity contribution in [3.8, 4) is 0 Å². The fraction of sp³-hybridized carbons (Fsp3) is 0.600. The summed E-state index contributed by atoms with van der Waals surface area (Å²) in [5.41, 5.74) is 6.58. The van der Waals surface area contributed by atoms with Gasteiger partial charge in [-0.2, -0.15) is 4.31 Å². The SMILES string of the molecule is Cc1c(N)ncnc1N1CCN(S(C)(=O)=O)CC1. The van der Waals surface area contributed by atoms with Crippen LogP contribution < -0.4 is 10.6 Å². The van der Waals surface area contributed by atoms with Crippen LogP contribution in [0.4, 0.5) is 11.6 Å². The van der Waals surface area contributed by atoms with E-state index in [1.165, 1.54) is 16.9 Å². The summed E-state index contributed by atoms with van der Waals surface area (Å²) in [6.45, 7) is 4.05. The van der Waals surface area contributed by atoms with Gasteiger partial charge < -0.3 is 10.6 Å². The predicted octanol–water partition coefficient (Wildman–Crippen LogP) is -0.551. The molecule has 0 spiro atoms. The van der Waals surface area contributed by atoms with E-state index in [2.05, 4.69) is 9.97 Å². The number of sulfonamides is 1. The Morgan fingerprint density at radius 2 is 1.83 bits per heavy atom. The Kier molecular flexibility index (Phi) is 3.40. The number of piperazine rings is 1. The van der Waals surface area contributed by atoms with Gasteiger partial charge in [-0.3, -0.25) is 0 Å². The minimum absolute atomic E-state index is 0.463. The van der Waals surface area contributed by atoms with Gasteiger partial charge >= 0.3 is 0 Å². The zero-order valence-corrected chi connectivity index (χ0v) is 11.3. The number of hydrogen-bond donors (Lipinski definition) is 1. The summed E-state index contributed by atoms with van der Waals surface area (Å²) in [6.07, 6.45) is 2.66. The van der Waals surface area contributed by atoms with Crippen LogP contribution in [-0.2, 0) is 10.0 Å². The average molecular weight is 271 g/mol. The Morgan fingerprint density at radius 1 is 1.22 bits per heavy atom. The lowest BCUT2D eigenvalue weighted by atomic mass is 10.2. The van der Waals surface area contributed by atoms with Crippen molar-refractivity contribution in [1.82, 2.24) is 14.3 Å². The summed E-state index contributed by atoms with van der Waals surface area (Å²) in [5, 5.41) is 0. The normalized spacial score (nSPS) is 18.0. The zero-order valence-electron chi connectivity index (χ0n) is 10.5. The van der Waals surface area contributed by atoms with Crippen molar-refractivity contribution in [2.24, 2.45) is 0 Å². The number of nitrogens with zero attached hydrogens (tertiary/aromatic N) is 4. The van der Waals surface area contributed by atoms with E-state index in [0.29, 0.717) is 32.0 Å². The van der Waals surface area contributed by atoms with Gasteiger partial charge in [-0.1, -0.05) is 0 Å². The molecule has 1 saturated heterocycles. The van der Waals surface area contributed by atoms with E-state index in [1.54, 1.807) is 0 Å². The fourth-order valence-electron chi connectivity index (χ4n) is 2.00. The first-order valence-corrected chi connectivity index (χ1v) is 7.51. The predicted molar refractivity (Wildman–Crippen MR) is 69.8 cm³/mol. The Bertz CT molecular complexity index is 537. The van der Waals surface area contributed by atoms with Gasteiger partial charge in [-0.25, -0.2) is 18.4 Å². The lowest BCUT2D eigenvalue weighted by molar-refractivity contribution is 0.386. The lowest BCUT2D eigenvalue weighted by Gasteiger charge is -2.34. The Morgan fingerprint density at radius 3 is 2.39 bits per heavy atom. The quantitative estimate of drug-likeness (QED) is 0.776. The number of nitrogens with two attached hydrogens (primary N) is 1. The summed E-state index contributed by atoms with van der Waals surface area (Å²) in [6, 6.07) is 0. The van der Waals surface area contributed by atoms with Crippen LogP contribution in [0.2, 0.25) is 0 Å². The monoisotopic (exact) mass is 271 g/mol. The number of hydrogen-bond acceptors (Lipinski definition) is 6. The second-order valence-corrected chi connectivity index (χ2v) is 6.34. The van der Waals surface area contributed by atoms with Crippen molar-refractivity contribution in [3.05, 3.63) is 11.9 Å². The van der Waals surface area contributed by atoms with Crippen LogP contribution in [0.15, 0.2) is 6.33 Å². The van der Waals surface area contributed by atoms with Gasteiger partial charge in [-0.15, -0.1) is 0 Å². The van der Waals surface area contributed by atoms with Crippen LogP contribution in [0.25, 0.3) is 0 Å². The molecule has 1 aromatic heterocycles. The smallest absolute Gasteiger partial charge is 0.211 e. The number of anilines is 2. The average Bonchev–Trinajstić information content (AvgIpc) is 2.32. The first-order valence-electron chi connectivity index (χ1n) is 5.66. The number of aromatic nitrogens is 2.